The molecule has 0 amide bonds. The molecule has 2 heterocycles. The summed E-state index contributed by atoms with van der Waals surface area (Å²) in [4.78, 5) is 4.94. The van der Waals surface area contributed by atoms with Crippen LogP contribution in [-0.4, -0.2) is 52.1 Å². The second-order valence-corrected chi connectivity index (χ2v) is 5.92. The number of hydrogen-bond acceptors (Lipinski definition) is 7. The highest BCUT2D eigenvalue weighted by molar-refractivity contribution is 7.10. The maximum atomic E-state index is 5.43. The summed E-state index contributed by atoms with van der Waals surface area (Å²) in [5, 5.41) is 4.99. The molecule has 1 aromatic heterocycles. The molecule has 1 aliphatic rings. The monoisotopic (exact) mass is 270 g/mol. The van der Waals surface area contributed by atoms with Crippen LogP contribution in [0.4, 0.5) is 5.00 Å². The first-order valence-electron chi connectivity index (χ1n) is 6.41. The van der Waals surface area contributed by atoms with Gasteiger partial charge in [0.25, 0.3) is 0 Å². The average Bonchev–Trinajstić information content (AvgIpc) is 2.78. The maximum absolute atomic E-state index is 5.43. The fraction of sp³-hybridized carbons (Fsp3) is 0.818. The molecule has 7 heteroatoms. The number of anilines is 1. The molecule has 0 spiro atoms. The van der Waals surface area contributed by atoms with E-state index in [9.17, 15) is 0 Å². The molecular weight excluding hydrogens is 248 g/mol. The lowest BCUT2D eigenvalue weighted by Gasteiger charge is -2.35. The zero-order valence-corrected chi connectivity index (χ0v) is 11.9. The van der Waals surface area contributed by atoms with Crippen molar-refractivity contribution in [1.29, 1.82) is 0 Å². The minimum atomic E-state index is 0.743. The first-order valence-corrected chi connectivity index (χ1v) is 7.19. The Kier molecular flexibility index (Phi) is 4.87. The Morgan fingerprint density at radius 3 is 2.56 bits per heavy atom. The topological polar surface area (TPSA) is 70.3 Å². The minimum Gasteiger partial charge on any atom is -0.313 e. The molecule has 2 rings (SSSR count). The summed E-state index contributed by atoms with van der Waals surface area (Å²) in [5.74, 6) is 6.17. The summed E-state index contributed by atoms with van der Waals surface area (Å²) in [7, 11) is 0. The minimum absolute atomic E-state index is 0.743. The lowest BCUT2D eigenvalue weighted by atomic mass is 10.2. The standard InChI is InChI=1S/C11H22N6S/c1-9(2)7-16-3-5-17(6-4-16)8-10-11(13-12)18-15-14-10/h9,13H,3-8,12H2,1-2H3. The number of nitrogens with two attached hydrogens (primary N) is 1. The van der Waals surface area contributed by atoms with Crippen LogP contribution in [0.3, 0.4) is 0 Å². The number of nitrogen functional groups attached to an aromatic ring is 1. The molecule has 1 fully saturated rings. The highest BCUT2D eigenvalue weighted by Crippen LogP contribution is 2.18. The quantitative estimate of drug-likeness (QED) is 0.603. The van der Waals surface area contributed by atoms with Crippen molar-refractivity contribution in [3.8, 4) is 0 Å². The molecule has 1 aliphatic heterocycles. The number of aromatic nitrogens is 2. The van der Waals surface area contributed by atoms with Gasteiger partial charge in [0.05, 0.1) is 0 Å². The smallest absolute Gasteiger partial charge is 0.148 e. The van der Waals surface area contributed by atoms with Gasteiger partial charge in [-0.25, -0.2) is 5.84 Å². The van der Waals surface area contributed by atoms with E-state index in [1.165, 1.54) is 18.1 Å². The second-order valence-electron chi connectivity index (χ2n) is 5.16. The van der Waals surface area contributed by atoms with Crippen molar-refractivity contribution < 1.29 is 0 Å². The predicted octanol–water partition coefficient (Wildman–Crippen LogP) is 0.597. The van der Waals surface area contributed by atoms with E-state index in [2.05, 4.69) is 38.7 Å². The average molecular weight is 270 g/mol. The van der Waals surface area contributed by atoms with Crippen molar-refractivity contribution in [2.45, 2.75) is 20.4 Å². The van der Waals surface area contributed by atoms with Crippen LogP contribution in [0.2, 0.25) is 0 Å². The number of rotatable bonds is 5. The van der Waals surface area contributed by atoms with Crippen LogP contribution in [0.5, 0.6) is 0 Å². The van der Waals surface area contributed by atoms with E-state index < -0.39 is 0 Å². The molecule has 0 atom stereocenters. The van der Waals surface area contributed by atoms with Crippen LogP contribution in [0.15, 0.2) is 0 Å². The first kappa shape index (κ1) is 13.7. The van der Waals surface area contributed by atoms with Crippen LogP contribution in [0, 0.1) is 5.92 Å². The van der Waals surface area contributed by atoms with Crippen LogP contribution >= 0.6 is 11.5 Å². The van der Waals surface area contributed by atoms with Crippen molar-refractivity contribution in [2.24, 2.45) is 11.8 Å². The molecule has 102 valence electrons. The van der Waals surface area contributed by atoms with Gasteiger partial charge in [-0.15, -0.1) is 5.10 Å². The molecule has 0 aliphatic carbocycles. The molecular formula is C11H22N6S. The van der Waals surface area contributed by atoms with E-state index >= 15 is 0 Å². The maximum Gasteiger partial charge on any atom is 0.148 e. The number of nitrogens with one attached hydrogen (secondary N) is 1. The lowest BCUT2D eigenvalue weighted by molar-refractivity contribution is 0.116. The molecule has 1 aromatic rings. The van der Waals surface area contributed by atoms with Crippen LogP contribution in [-0.2, 0) is 6.54 Å². The van der Waals surface area contributed by atoms with Crippen molar-refractivity contribution in [3.63, 3.8) is 0 Å². The molecule has 1 saturated heterocycles. The number of hydrazine groups is 1. The molecule has 0 saturated carbocycles. The Balaban J connectivity index is 1.80. The first-order chi connectivity index (χ1) is 8.69. The molecule has 0 bridgehead atoms. The third-order valence-electron chi connectivity index (χ3n) is 3.15. The molecule has 18 heavy (non-hydrogen) atoms. The molecule has 0 radical (unpaired) electrons. The summed E-state index contributed by atoms with van der Waals surface area (Å²) in [6, 6.07) is 0. The van der Waals surface area contributed by atoms with E-state index in [4.69, 9.17) is 5.84 Å². The van der Waals surface area contributed by atoms with Gasteiger partial charge in [0, 0.05) is 50.8 Å². The van der Waals surface area contributed by atoms with E-state index in [-0.39, 0.29) is 0 Å². The van der Waals surface area contributed by atoms with Crippen molar-refractivity contribution in [1.82, 2.24) is 19.4 Å². The van der Waals surface area contributed by atoms with Crippen molar-refractivity contribution in [2.75, 3.05) is 38.1 Å². The Morgan fingerprint density at radius 1 is 1.28 bits per heavy atom. The highest BCUT2D eigenvalue weighted by Gasteiger charge is 2.19. The molecule has 0 aromatic carbocycles. The fourth-order valence-electron chi connectivity index (χ4n) is 2.28. The largest absolute Gasteiger partial charge is 0.313 e. The van der Waals surface area contributed by atoms with E-state index in [1.807, 2.05) is 0 Å². The number of hydrogen-bond donors (Lipinski definition) is 2. The third-order valence-corrected chi connectivity index (χ3v) is 3.85. The Morgan fingerprint density at radius 2 is 1.94 bits per heavy atom. The second kappa shape index (κ2) is 6.42. The van der Waals surface area contributed by atoms with Crippen molar-refractivity contribution in [3.05, 3.63) is 5.69 Å². The van der Waals surface area contributed by atoms with Gasteiger partial charge < -0.3 is 10.3 Å². The summed E-state index contributed by atoms with van der Waals surface area (Å²) in [6.07, 6.45) is 0. The molecule has 6 nitrogen and oxygen atoms in total. The summed E-state index contributed by atoms with van der Waals surface area (Å²) in [6.45, 7) is 11.0. The van der Waals surface area contributed by atoms with Crippen molar-refractivity contribution >= 4 is 16.5 Å². The van der Waals surface area contributed by atoms with E-state index in [0.717, 1.165) is 49.3 Å². The lowest BCUT2D eigenvalue weighted by Crippen LogP contribution is -2.47. The van der Waals surface area contributed by atoms with Gasteiger partial charge in [0.15, 0.2) is 0 Å². The Labute approximate surface area is 112 Å². The number of piperazine rings is 1. The predicted molar refractivity (Wildman–Crippen MR) is 74.3 cm³/mol. The van der Waals surface area contributed by atoms with Crippen LogP contribution < -0.4 is 11.3 Å². The SMILES string of the molecule is CC(C)CN1CCN(Cc2nnsc2NN)CC1. The Hall–Kier alpha value is -0.760. The van der Waals surface area contributed by atoms with Gasteiger partial charge in [-0.1, -0.05) is 18.3 Å². The summed E-state index contributed by atoms with van der Waals surface area (Å²) < 4.78 is 3.92. The van der Waals surface area contributed by atoms with E-state index in [1.54, 1.807) is 0 Å². The van der Waals surface area contributed by atoms with Gasteiger partial charge in [-0.05, 0) is 5.92 Å². The van der Waals surface area contributed by atoms with Crippen LogP contribution in [0.25, 0.3) is 0 Å². The van der Waals surface area contributed by atoms with Gasteiger partial charge in [-0.3, -0.25) is 4.90 Å². The van der Waals surface area contributed by atoms with Crippen LogP contribution in [0.1, 0.15) is 19.5 Å². The van der Waals surface area contributed by atoms with E-state index in [0.29, 0.717) is 0 Å². The summed E-state index contributed by atoms with van der Waals surface area (Å²) in [5.41, 5.74) is 3.61. The highest BCUT2D eigenvalue weighted by atomic mass is 32.1. The van der Waals surface area contributed by atoms with Gasteiger partial charge in [-0.2, -0.15) is 0 Å². The fourth-order valence-corrected chi connectivity index (χ4v) is 2.76. The summed E-state index contributed by atoms with van der Waals surface area (Å²) >= 11 is 1.31. The normalized spacial score (nSPS) is 18.4. The van der Waals surface area contributed by atoms with Gasteiger partial charge >= 0.3 is 0 Å². The Bertz CT molecular complexity index is 358. The zero-order chi connectivity index (χ0) is 13.0. The zero-order valence-electron chi connectivity index (χ0n) is 11.1. The van der Waals surface area contributed by atoms with Gasteiger partial charge in [0.2, 0.25) is 0 Å². The molecule has 3 N–H and O–H groups in total. The number of nitrogens with zero attached hydrogens (tertiary/aromatic N) is 4. The third kappa shape index (κ3) is 3.61. The van der Waals surface area contributed by atoms with Gasteiger partial charge in [0.1, 0.15) is 10.7 Å². The molecule has 0 unspecified atom stereocenters.